The summed E-state index contributed by atoms with van der Waals surface area (Å²) in [6.07, 6.45) is 4.45. The fraction of sp³-hybridized carbons (Fsp3) is 0.321. The Morgan fingerprint density at radius 1 is 0.949 bits per heavy atom. The monoisotopic (exact) mass is 524 g/mol. The molecule has 1 amide bonds. The van der Waals surface area contributed by atoms with Crippen molar-refractivity contribution < 1.29 is 13.9 Å². The molecule has 2 aliphatic heterocycles. The maximum atomic E-state index is 13.2. The first-order valence-electron chi connectivity index (χ1n) is 13.3. The molecule has 0 unspecified atom stereocenters. The van der Waals surface area contributed by atoms with Gasteiger partial charge in [-0.15, -0.1) is 5.10 Å². The highest BCUT2D eigenvalue weighted by Gasteiger charge is 2.30. The van der Waals surface area contributed by atoms with Gasteiger partial charge in [-0.2, -0.15) is 5.10 Å². The lowest BCUT2D eigenvalue weighted by molar-refractivity contribution is -0.116. The number of nitrogens with one attached hydrogen (secondary N) is 2. The molecule has 0 radical (unpaired) electrons. The third-order valence-electron chi connectivity index (χ3n) is 7.38. The van der Waals surface area contributed by atoms with Gasteiger partial charge in [0.25, 0.3) is 11.8 Å². The zero-order chi connectivity index (χ0) is 26.2. The Kier molecular flexibility index (Phi) is 6.04. The molecule has 1 aliphatic carbocycles. The highest BCUT2D eigenvalue weighted by molar-refractivity contribution is 6.19. The van der Waals surface area contributed by atoms with Gasteiger partial charge in [0.15, 0.2) is 5.82 Å². The predicted octanol–water partition coefficient (Wildman–Crippen LogP) is 3.72. The maximum absolute atomic E-state index is 13.2. The van der Waals surface area contributed by atoms with Crippen molar-refractivity contribution in [3.63, 3.8) is 0 Å². The molecule has 1 atom stereocenters. The molecule has 0 bridgehead atoms. The van der Waals surface area contributed by atoms with Gasteiger partial charge in [0.2, 0.25) is 6.17 Å². The molecule has 7 rings (SSSR count). The van der Waals surface area contributed by atoms with Crippen LogP contribution in [0.15, 0.2) is 70.2 Å². The van der Waals surface area contributed by atoms with Gasteiger partial charge in [-0.25, -0.2) is 4.99 Å². The average molecular weight is 525 g/mol. The van der Waals surface area contributed by atoms with E-state index in [1.165, 1.54) is 6.42 Å². The van der Waals surface area contributed by atoms with Crippen LogP contribution in [0.4, 0.5) is 17.5 Å². The van der Waals surface area contributed by atoms with E-state index in [2.05, 4.69) is 25.7 Å². The summed E-state index contributed by atoms with van der Waals surface area (Å²) in [5, 5.41) is 19.5. The third-order valence-corrected chi connectivity index (χ3v) is 7.38. The van der Waals surface area contributed by atoms with Crippen LogP contribution >= 0.6 is 0 Å². The highest BCUT2D eigenvalue weighted by atomic mass is 16.5. The topological polar surface area (TPSA) is 123 Å². The van der Waals surface area contributed by atoms with Crippen molar-refractivity contribution in [2.45, 2.75) is 31.5 Å². The number of hydrogen-bond donors (Lipinski definition) is 2. The summed E-state index contributed by atoms with van der Waals surface area (Å²) in [6.45, 7) is 2.78. The Hall–Kier alpha value is -4.51. The SMILES string of the molecule is O=C1Nc2ccccc2C(c2ccccc2)=N[C@@H]1Nc1nnc(-c2cn(C3CCC3)nc2N2CCOCC2)o1. The molecular weight excluding hydrogens is 496 g/mol. The Morgan fingerprint density at radius 2 is 1.74 bits per heavy atom. The minimum atomic E-state index is -0.975. The van der Waals surface area contributed by atoms with Crippen molar-refractivity contribution >= 4 is 29.1 Å². The number of amides is 1. The second-order valence-electron chi connectivity index (χ2n) is 9.87. The summed E-state index contributed by atoms with van der Waals surface area (Å²) in [4.78, 5) is 20.2. The molecule has 4 heterocycles. The summed E-state index contributed by atoms with van der Waals surface area (Å²) in [5.74, 6) is 0.835. The van der Waals surface area contributed by atoms with Crippen molar-refractivity contribution in [3.8, 4) is 11.5 Å². The normalized spacial score (nSPS) is 19.5. The quantitative estimate of drug-likeness (QED) is 0.391. The summed E-state index contributed by atoms with van der Waals surface area (Å²) in [5.41, 5.74) is 3.90. The number of carbonyl (C=O) groups excluding carboxylic acids is 1. The van der Waals surface area contributed by atoms with Crippen molar-refractivity contribution in [2.24, 2.45) is 4.99 Å². The molecule has 2 N–H and O–H groups in total. The Labute approximate surface area is 224 Å². The second-order valence-corrected chi connectivity index (χ2v) is 9.87. The van der Waals surface area contributed by atoms with E-state index in [-0.39, 0.29) is 11.9 Å². The first-order valence-corrected chi connectivity index (χ1v) is 13.3. The van der Waals surface area contributed by atoms with Crippen molar-refractivity contribution in [1.29, 1.82) is 0 Å². The van der Waals surface area contributed by atoms with Crippen LogP contribution in [-0.2, 0) is 9.53 Å². The van der Waals surface area contributed by atoms with E-state index in [9.17, 15) is 4.79 Å². The molecule has 1 saturated heterocycles. The summed E-state index contributed by atoms with van der Waals surface area (Å²) in [6, 6.07) is 17.9. The van der Waals surface area contributed by atoms with Crippen LogP contribution < -0.4 is 15.5 Å². The van der Waals surface area contributed by atoms with Gasteiger partial charge in [-0.05, 0) is 25.3 Å². The number of benzene rings is 2. The van der Waals surface area contributed by atoms with Crippen LogP contribution in [0.3, 0.4) is 0 Å². The van der Waals surface area contributed by atoms with Gasteiger partial charge in [0, 0.05) is 30.4 Å². The van der Waals surface area contributed by atoms with Crippen LogP contribution in [0.25, 0.3) is 11.5 Å². The number of hydrogen-bond acceptors (Lipinski definition) is 9. The Balaban J connectivity index is 1.20. The second kappa shape index (κ2) is 9.99. The van der Waals surface area contributed by atoms with E-state index in [4.69, 9.17) is 19.2 Å². The molecular formula is C28H28N8O3. The number of morpholine rings is 1. The molecule has 11 heteroatoms. The fourth-order valence-corrected chi connectivity index (χ4v) is 5.07. The number of rotatable bonds is 6. The first kappa shape index (κ1) is 23.6. The number of aliphatic imine (C=N–C) groups is 1. The number of aromatic nitrogens is 4. The molecule has 2 aromatic heterocycles. The molecule has 0 spiro atoms. The highest BCUT2D eigenvalue weighted by Crippen LogP contribution is 2.37. The Bertz CT molecular complexity index is 1520. The van der Waals surface area contributed by atoms with Crippen molar-refractivity contribution in [3.05, 3.63) is 71.9 Å². The van der Waals surface area contributed by atoms with Crippen LogP contribution in [0.2, 0.25) is 0 Å². The zero-order valence-corrected chi connectivity index (χ0v) is 21.3. The van der Waals surface area contributed by atoms with Gasteiger partial charge < -0.3 is 24.7 Å². The molecule has 4 aromatic rings. The Morgan fingerprint density at radius 3 is 2.54 bits per heavy atom. The van der Waals surface area contributed by atoms with E-state index in [0.717, 1.165) is 48.4 Å². The van der Waals surface area contributed by atoms with E-state index < -0.39 is 6.17 Å². The van der Waals surface area contributed by atoms with Crippen molar-refractivity contribution in [1.82, 2.24) is 20.0 Å². The third kappa shape index (κ3) is 4.54. The minimum absolute atomic E-state index is 0.108. The predicted molar refractivity (Wildman–Crippen MR) is 146 cm³/mol. The smallest absolute Gasteiger partial charge is 0.317 e. The lowest BCUT2D eigenvalue weighted by Crippen LogP contribution is -2.37. The minimum Gasteiger partial charge on any atom is -0.403 e. The van der Waals surface area contributed by atoms with Crippen LogP contribution in [-0.4, -0.2) is 64.1 Å². The standard InChI is InChI=1S/C28H28N8O3/c37-26-24(30-23(18-7-2-1-3-8-18)20-11-4-5-12-22(20)29-26)31-28-33-32-27(39-28)21-17-36(19-9-6-10-19)34-25(21)35-13-15-38-16-14-35/h1-5,7-8,11-12,17,19,24H,6,9-10,13-16H2,(H,29,37)(H,31,33)/t24-/m1/s1. The number of fused-ring (bicyclic) bond motifs is 1. The molecule has 39 heavy (non-hydrogen) atoms. The number of ether oxygens (including phenoxy) is 1. The summed E-state index contributed by atoms with van der Waals surface area (Å²) in [7, 11) is 0. The van der Waals surface area contributed by atoms with Gasteiger partial charge in [0.05, 0.1) is 30.7 Å². The van der Waals surface area contributed by atoms with E-state index in [0.29, 0.717) is 36.5 Å². The lowest BCUT2D eigenvalue weighted by atomic mass is 9.93. The van der Waals surface area contributed by atoms with Crippen LogP contribution in [0.1, 0.15) is 36.4 Å². The number of nitrogens with zero attached hydrogens (tertiary/aromatic N) is 6. The number of benzodiazepines with no additional fused rings is 1. The molecule has 1 saturated carbocycles. The number of carbonyl (C=O) groups is 1. The molecule has 11 nitrogen and oxygen atoms in total. The van der Waals surface area contributed by atoms with Gasteiger partial charge in [0.1, 0.15) is 5.56 Å². The van der Waals surface area contributed by atoms with E-state index in [1.54, 1.807) is 0 Å². The average Bonchev–Trinajstić information content (AvgIpc) is 3.56. The van der Waals surface area contributed by atoms with Gasteiger partial charge in [-0.3, -0.25) is 9.48 Å². The first-order chi connectivity index (χ1) is 19.2. The van der Waals surface area contributed by atoms with Gasteiger partial charge in [-0.1, -0.05) is 53.6 Å². The fourth-order valence-electron chi connectivity index (χ4n) is 5.07. The van der Waals surface area contributed by atoms with Crippen LogP contribution in [0.5, 0.6) is 0 Å². The zero-order valence-electron chi connectivity index (χ0n) is 21.3. The van der Waals surface area contributed by atoms with E-state index in [1.807, 2.05) is 65.5 Å². The maximum Gasteiger partial charge on any atom is 0.317 e. The number of anilines is 3. The molecule has 2 aromatic carbocycles. The summed E-state index contributed by atoms with van der Waals surface area (Å²) >= 11 is 0. The van der Waals surface area contributed by atoms with Crippen molar-refractivity contribution in [2.75, 3.05) is 41.8 Å². The van der Waals surface area contributed by atoms with Gasteiger partial charge >= 0.3 is 6.01 Å². The van der Waals surface area contributed by atoms with Crippen LogP contribution in [0, 0.1) is 0 Å². The number of para-hydroxylation sites is 1. The molecule has 3 aliphatic rings. The summed E-state index contributed by atoms with van der Waals surface area (Å²) < 4.78 is 13.6. The lowest BCUT2D eigenvalue weighted by Gasteiger charge is -2.28. The molecule has 2 fully saturated rings. The largest absolute Gasteiger partial charge is 0.403 e. The van der Waals surface area contributed by atoms with E-state index >= 15 is 0 Å². The molecule has 198 valence electrons.